The predicted octanol–water partition coefficient (Wildman–Crippen LogP) is 4.34. The monoisotopic (exact) mass is 478 g/mol. The lowest BCUT2D eigenvalue weighted by Gasteiger charge is -2.55. The molecular formula is C26H31FN6O2. The van der Waals surface area contributed by atoms with Crippen LogP contribution in [-0.4, -0.2) is 56.5 Å². The summed E-state index contributed by atoms with van der Waals surface area (Å²) >= 11 is 0. The number of phenolic OH excluding ortho intramolecular Hbond substituents is 1. The fourth-order valence-corrected chi connectivity index (χ4v) is 5.80. The first-order valence-corrected chi connectivity index (χ1v) is 11.9. The number of nitrogens with zero attached hydrogens (tertiary/aromatic N) is 5. The van der Waals surface area contributed by atoms with Crippen LogP contribution in [-0.2, 0) is 0 Å². The Morgan fingerprint density at radius 1 is 1.06 bits per heavy atom. The zero-order valence-electron chi connectivity index (χ0n) is 20.5. The van der Waals surface area contributed by atoms with Crippen LogP contribution in [0.25, 0.3) is 22.5 Å². The predicted molar refractivity (Wildman–Crippen MR) is 132 cm³/mol. The van der Waals surface area contributed by atoms with Gasteiger partial charge in [-0.3, -0.25) is 0 Å². The second-order valence-electron chi connectivity index (χ2n) is 10.4. The van der Waals surface area contributed by atoms with Gasteiger partial charge < -0.3 is 20.1 Å². The number of pyridine rings is 1. The number of ether oxygens (including phenoxy) is 1. The second kappa shape index (κ2) is 8.71. The molecule has 184 valence electrons. The van der Waals surface area contributed by atoms with Gasteiger partial charge in [-0.05, 0) is 63.6 Å². The van der Waals surface area contributed by atoms with Crippen molar-refractivity contribution in [2.75, 3.05) is 19.1 Å². The number of hydrogen-bond donors (Lipinski definition) is 2. The summed E-state index contributed by atoms with van der Waals surface area (Å²) in [4.78, 5) is 10.5. The van der Waals surface area contributed by atoms with E-state index in [1.54, 1.807) is 18.3 Å². The zero-order valence-corrected chi connectivity index (χ0v) is 20.5. The van der Waals surface area contributed by atoms with Crippen LogP contribution in [0.1, 0.15) is 46.0 Å². The third-order valence-corrected chi connectivity index (χ3v) is 7.48. The molecule has 2 bridgehead atoms. The Kier molecular flexibility index (Phi) is 5.83. The third-order valence-electron chi connectivity index (χ3n) is 7.48. The van der Waals surface area contributed by atoms with Gasteiger partial charge in [0.05, 0.1) is 25.1 Å². The Balaban J connectivity index is 1.36. The molecule has 0 unspecified atom stereocenters. The molecule has 5 rings (SSSR count). The van der Waals surface area contributed by atoms with Gasteiger partial charge in [0, 0.05) is 35.8 Å². The summed E-state index contributed by atoms with van der Waals surface area (Å²) in [6.07, 6.45) is 8.50. The number of halogens is 1. The van der Waals surface area contributed by atoms with Gasteiger partial charge in [0.25, 0.3) is 0 Å². The molecular weight excluding hydrogens is 447 g/mol. The van der Waals surface area contributed by atoms with E-state index in [4.69, 9.17) is 4.74 Å². The van der Waals surface area contributed by atoms with Crippen LogP contribution in [0.4, 0.5) is 10.2 Å². The van der Waals surface area contributed by atoms with E-state index in [1.807, 2.05) is 7.05 Å². The Morgan fingerprint density at radius 2 is 1.80 bits per heavy atom. The topological polar surface area (TPSA) is 96.3 Å². The van der Waals surface area contributed by atoms with Gasteiger partial charge in [-0.15, -0.1) is 10.2 Å². The van der Waals surface area contributed by atoms with Crippen molar-refractivity contribution in [2.45, 2.75) is 63.1 Å². The minimum atomic E-state index is -0.506. The summed E-state index contributed by atoms with van der Waals surface area (Å²) in [6, 6.07) is 6.67. The van der Waals surface area contributed by atoms with Crippen molar-refractivity contribution in [1.82, 2.24) is 25.5 Å². The molecule has 2 saturated heterocycles. The van der Waals surface area contributed by atoms with E-state index >= 15 is 0 Å². The van der Waals surface area contributed by atoms with Crippen molar-refractivity contribution in [3.8, 4) is 34.1 Å². The molecule has 2 aliphatic heterocycles. The van der Waals surface area contributed by atoms with Crippen molar-refractivity contribution >= 4 is 5.82 Å². The van der Waals surface area contributed by atoms with Gasteiger partial charge in [-0.1, -0.05) is 6.07 Å². The Labute approximate surface area is 204 Å². The van der Waals surface area contributed by atoms with Crippen LogP contribution < -0.4 is 15.0 Å². The number of nitrogens with one attached hydrogen (secondary N) is 1. The molecule has 0 aliphatic carbocycles. The maximum absolute atomic E-state index is 14.3. The van der Waals surface area contributed by atoms with E-state index in [2.05, 4.69) is 44.2 Å². The normalized spacial score (nSPS) is 25.8. The maximum atomic E-state index is 14.3. The highest BCUT2D eigenvalue weighted by Gasteiger charge is 2.46. The SMILES string of the molecule is COc1cc(-c2ccc(-c3ncc(N(C)[C@H]4C[C@]5(C)CCC[C@](C)(C4)N5)nn3)c(O)c2)c(F)cn1. The molecule has 8 nitrogen and oxygen atoms in total. The summed E-state index contributed by atoms with van der Waals surface area (Å²) in [5, 5.41) is 23.2. The number of anilines is 1. The van der Waals surface area contributed by atoms with Crippen LogP contribution in [0.15, 0.2) is 36.7 Å². The smallest absolute Gasteiger partial charge is 0.213 e. The van der Waals surface area contributed by atoms with Gasteiger partial charge in [0.15, 0.2) is 11.6 Å². The fraction of sp³-hybridized carbons (Fsp3) is 0.462. The molecule has 0 saturated carbocycles. The van der Waals surface area contributed by atoms with E-state index in [9.17, 15) is 9.50 Å². The average Bonchev–Trinajstić information content (AvgIpc) is 2.83. The minimum absolute atomic E-state index is 0.0624. The summed E-state index contributed by atoms with van der Waals surface area (Å²) in [5.41, 5.74) is 1.47. The van der Waals surface area contributed by atoms with E-state index in [0.717, 1.165) is 19.0 Å². The molecule has 2 aromatic heterocycles. The zero-order chi connectivity index (χ0) is 24.8. The first-order valence-electron chi connectivity index (χ1n) is 11.9. The third kappa shape index (κ3) is 4.52. The number of piperidine rings is 2. The number of phenols is 1. The molecule has 35 heavy (non-hydrogen) atoms. The van der Waals surface area contributed by atoms with Crippen LogP contribution in [0.3, 0.4) is 0 Å². The Bertz CT molecular complexity index is 1220. The number of aromatic nitrogens is 4. The number of methoxy groups -OCH3 is 1. The lowest BCUT2D eigenvalue weighted by molar-refractivity contribution is 0.0784. The number of hydrogen-bond acceptors (Lipinski definition) is 8. The lowest BCUT2D eigenvalue weighted by atomic mass is 9.69. The molecule has 2 fully saturated rings. The summed E-state index contributed by atoms with van der Waals surface area (Å²) in [6.45, 7) is 4.63. The van der Waals surface area contributed by atoms with E-state index < -0.39 is 5.82 Å². The quantitative estimate of drug-likeness (QED) is 0.559. The first kappa shape index (κ1) is 23.4. The summed E-state index contributed by atoms with van der Waals surface area (Å²) in [5.74, 6) is 0.728. The Morgan fingerprint density at radius 3 is 2.43 bits per heavy atom. The van der Waals surface area contributed by atoms with E-state index in [1.165, 1.54) is 38.5 Å². The highest BCUT2D eigenvalue weighted by atomic mass is 19.1. The molecule has 1 aromatic carbocycles. The molecule has 0 radical (unpaired) electrons. The highest BCUT2D eigenvalue weighted by molar-refractivity contribution is 5.73. The van der Waals surface area contributed by atoms with Crippen molar-refractivity contribution in [1.29, 1.82) is 0 Å². The van der Waals surface area contributed by atoms with Crippen LogP contribution in [0.2, 0.25) is 0 Å². The summed E-state index contributed by atoms with van der Waals surface area (Å²) < 4.78 is 19.4. The number of benzene rings is 1. The minimum Gasteiger partial charge on any atom is -0.507 e. The van der Waals surface area contributed by atoms with Gasteiger partial charge in [-0.2, -0.15) is 0 Å². The Hall–Kier alpha value is -3.33. The van der Waals surface area contributed by atoms with Crippen LogP contribution in [0.5, 0.6) is 11.6 Å². The number of rotatable bonds is 5. The van der Waals surface area contributed by atoms with Gasteiger partial charge >= 0.3 is 0 Å². The molecule has 3 atom stereocenters. The second-order valence-corrected chi connectivity index (χ2v) is 10.4. The first-order chi connectivity index (χ1) is 16.7. The summed E-state index contributed by atoms with van der Waals surface area (Å²) in [7, 11) is 3.51. The van der Waals surface area contributed by atoms with Crippen molar-refractivity contribution in [3.05, 3.63) is 42.5 Å². The number of aromatic hydroxyl groups is 1. The molecule has 9 heteroatoms. The fourth-order valence-electron chi connectivity index (χ4n) is 5.80. The molecule has 2 aliphatic rings. The van der Waals surface area contributed by atoms with Crippen LogP contribution in [0, 0.1) is 5.82 Å². The van der Waals surface area contributed by atoms with Crippen molar-refractivity contribution in [3.63, 3.8) is 0 Å². The lowest BCUT2D eigenvalue weighted by Crippen LogP contribution is -2.66. The van der Waals surface area contributed by atoms with Crippen LogP contribution >= 0.6 is 0 Å². The van der Waals surface area contributed by atoms with E-state index in [-0.39, 0.29) is 28.3 Å². The molecule has 0 amide bonds. The number of fused-ring (bicyclic) bond motifs is 2. The highest BCUT2D eigenvalue weighted by Crippen LogP contribution is 2.42. The van der Waals surface area contributed by atoms with Crippen molar-refractivity contribution < 1.29 is 14.2 Å². The average molecular weight is 479 g/mol. The van der Waals surface area contributed by atoms with Gasteiger partial charge in [0.1, 0.15) is 11.6 Å². The van der Waals surface area contributed by atoms with Gasteiger partial charge in [0.2, 0.25) is 5.88 Å². The molecule has 0 spiro atoms. The van der Waals surface area contributed by atoms with E-state index in [0.29, 0.717) is 28.8 Å². The standard InChI is InChI=1S/C26H31FN6O2/c1-25-8-5-9-26(2,32-25)13-17(12-25)33(3)22-15-29-24(31-30-22)18-7-6-16(10-21(18)34)19-11-23(35-4)28-14-20(19)27/h6-7,10-11,14-15,17,32,34H,5,8-9,12-13H2,1-4H3/t17-,25-,26+. The molecule has 2 N–H and O–H groups in total. The molecule has 4 heterocycles. The van der Waals surface area contributed by atoms with Gasteiger partial charge in [-0.25, -0.2) is 14.4 Å². The maximum Gasteiger partial charge on any atom is 0.213 e. The molecule has 3 aromatic rings. The van der Waals surface area contributed by atoms with Crippen molar-refractivity contribution in [2.24, 2.45) is 0 Å². The largest absolute Gasteiger partial charge is 0.507 e.